The van der Waals surface area contributed by atoms with E-state index in [9.17, 15) is 13.2 Å². The highest BCUT2D eigenvalue weighted by molar-refractivity contribution is 7.90. The SMILES string of the molecule is CCc1cccc(S(=O)(=O)NC(=O)C23CCCC(CO2)C3)c1. The van der Waals surface area contributed by atoms with Gasteiger partial charge in [-0.25, -0.2) is 13.1 Å². The average molecular weight is 323 g/mol. The van der Waals surface area contributed by atoms with Gasteiger partial charge in [-0.2, -0.15) is 0 Å². The van der Waals surface area contributed by atoms with Crippen molar-refractivity contribution in [2.45, 2.75) is 49.5 Å². The van der Waals surface area contributed by atoms with Crippen LogP contribution in [0.4, 0.5) is 0 Å². The fourth-order valence-electron chi connectivity index (χ4n) is 3.38. The quantitative estimate of drug-likeness (QED) is 0.920. The number of hydrogen-bond donors (Lipinski definition) is 1. The van der Waals surface area contributed by atoms with E-state index in [0.717, 1.165) is 24.8 Å². The second-order valence-corrected chi connectivity index (χ2v) is 7.89. The van der Waals surface area contributed by atoms with Gasteiger partial charge in [0.15, 0.2) is 0 Å². The predicted molar refractivity (Wildman–Crippen MR) is 81.8 cm³/mol. The summed E-state index contributed by atoms with van der Waals surface area (Å²) in [4.78, 5) is 12.6. The molecule has 1 saturated heterocycles. The Kier molecular flexibility index (Phi) is 3.99. The minimum absolute atomic E-state index is 0.127. The Hall–Kier alpha value is -1.40. The topological polar surface area (TPSA) is 72.5 Å². The van der Waals surface area contributed by atoms with E-state index in [0.29, 0.717) is 25.4 Å². The Morgan fingerprint density at radius 3 is 3.05 bits per heavy atom. The summed E-state index contributed by atoms with van der Waals surface area (Å²) < 4.78 is 32.8. The summed E-state index contributed by atoms with van der Waals surface area (Å²) in [6.45, 7) is 2.51. The van der Waals surface area contributed by atoms with Crippen molar-refractivity contribution >= 4 is 15.9 Å². The van der Waals surface area contributed by atoms with Gasteiger partial charge in [0.05, 0.1) is 11.5 Å². The lowest BCUT2D eigenvalue weighted by Crippen LogP contribution is -2.49. The minimum Gasteiger partial charge on any atom is -0.365 e. The number of amides is 1. The van der Waals surface area contributed by atoms with E-state index in [1.165, 1.54) is 6.07 Å². The highest BCUT2D eigenvalue weighted by Crippen LogP contribution is 2.42. The summed E-state index contributed by atoms with van der Waals surface area (Å²) >= 11 is 0. The highest BCUT2D eigenvalue weighted by atomic mass is 32.2. The number of sulfonamides is 1. The first-order chi connectivity index (χ1) is 10.5. The second kappa shape index (κ2) is 5.66. The van der Waals surface area contributed by atoms with Gasteiger partial charge < -0.3 is 4.74 Å². The van der Waals surface area contributed by atoms with Crippen molar-refractivity contribution in [2.75, 3.05) is 6.61 Å². The van der Waals surface area contributed by atoms with E-state index in [1.807, 2.05) is 13.0 Å². The fourth-order valence-corrected chi connectivity index (χ4v) is 4.49. The molecule has 0 aromatic heterocycles. The molecule has 120 valence electrons. The molecule has 1 aliphatic heterocycles. The Labute approximate surface area is 131 Å². The van der Waals surface area contributed by atoms with Crippen LogP contribution < -0.4 is 4.72 Å². The van der Waals surface area contributed by atoms with Gasteiger partial charge in [0.2, 0.25) is 0 Å². The third kappa shape index (κ3) is 2.77. The molecule has 1 N–H and O–H groups in total. The maximum atomic E-state index is 12.5. The first-order valence-electron chi connectivity index (χ1n) is 7.75. The van der Waals surface area contributed by atoms with Gasteiger partial charge in [0.25, 0.3) is 15.9 Å². The van der Waals surface area contributed by atoms with Crippen molar-refractivity contribution in [3.63, 3.8) is 0 Å². The van der Waals surface area contributed by atoms with Crippen molar-refractivity contribution in [2.24, 2.45) is 5.92 Å². The zero-order valence-electron chi connectivity index (χ0n) is 12.7. The van der Waals surface area contributed by atoms with Crippen molar-refractivity contribution in [1.29, 1.82) is 0 Å². The number of rotatable bonds is 4. The first-order valence-corrected chi connectivity index (χ1v) is 9.24. The van der Waals surface area contributed by atoms with E-state index < -0.39 is 21.5 Å². The molecule has 5 nitrogen and oxygen atoms in total. The molecule has 1 aliphatic carbocycles. The zero-order chi connectivity index (χ0) is 15.8. The van der Waals surface area contributed by atoms with Gasteiger partial charge >= 0.3 is 0 Å². The summed E-state index contributed by atoms with van der Waals surface area (Å²) in [5.74, 6) is -0.137. The van der Waals surface area contributed by atoms with Crippen LogP contribution in [0.1, 0.15) is 38.2 Å². The molecule has 1 aromatic rings. The van der Waals surface area contributed by atoms with E-state index in [1.54, 1.807) is 12.1 Å². The lowest BCUT2D eigenvalue weighted by Gasteiger charge is -2.29. The van der Waals surface area contributed by atoms with Crippen LogP contribution in [-0.4, -0.2) is 26.5 Å². The summed E-state index contributed by atoms with van der Waals surface area (Å²) in [6.07, 6.45) is 3.93. The highest BCUT2D eigenvalue weighted by Gasteiger charge is 2.49. The van der Waals surface area contributed by atoms with Crippen molar-refractivity contribution in [1.82, 2.24) is 4.72 Å². The van der Waals surface area contributed by atoms with Crippen LogP contribution in [0.15, 0.2) is 29.2 Å². The number of carbonyl (C=O) groups is 1. The molecule has 1 heterocycles. The molecule has 6 heteroatoms. The number of aryl methyl sites for hydroxylation is 1. The molecule has 2 atom stereocenters. The molecule has 0 radical (unpaired) electrons. The smallest absolute Gasteiger partial charge is 0.265 e. The molecule has 22 heavy (non-hydrogen) atoms. The molecule has 1 saturated carbocycles. The van der Waals surface area contributed by atoms with Gasteiger partial charge in [-0.1, -0.05) is 19.1 Å². The van der Waals surface area contributed by atoms with Crippen LogP contribution in [0.5, 0.6) is 0 Å². The van der Waals surface area contributed by atoms with E-state index >= 15 is 0 Å². The predicted octanol–water partition coefficient (Wildman–Crippen LogP) is 2.01. The summed E-state index contributed by atoms with van der Waals surface area (Å²) in [6, 6.07) is 6.67. The molecule has 0 spiro atoms. The molecule has 2 fully saturated rings. The number of carbonyl (C=O) groups excluding carboxylic acids is 1. The number of benzene rings is 1. The van der Waals surface area contributed by atoms with Gasteiger partial charge in [0.1, 0.15) is 5.60 Å². The minimum atomic E-state index is -3.85. The Morgan fingerprint density at radius 1 is 1.45 bits per heavy atom. The van der Waals surface area contributed by atoms with Gasteiger partial charge in [-0.15, -0.1) is 0 Å². The number of ether oxygens (including phenoxy) is 1. The Morgan fingerprint density at radius 2 is 2.27 bits per heavy atom. The first kappa shape index (κ1) is 15.5. The maximum absolute atomic E-state index is 12.5. The molecule has 2 bridgehead atoms. The standard InChI is InChI=1S/C16H21NO4S/c1-2-12-5-3-7-14(9-12)22(19,20)17-15(18)16-8-4-6-13(10-16)11-21-16/h3,5,7,9,13H,2,4,6,8,10-11H2,1H3,(H,17,18). The maximum Gasteiger partial charge on any atom is 0.265 e. The zero-order valence-corrected chi connectivity index (χ0v) is 13.5. The molecule has 2 aliphatic rings. The van der Waals surface area contributed by atoms with Crippen LogP contribution >= 0.6 is 0 Å². The van der Waals surface area contributed by atoms with Crippen LogP contribution in [0.2, 0.25) is 0 Å². The molecular formula is C16H21NO4S. The van der Waals surface area contributed by atoms with Crippen molar-refractivity contribution < 1.29 is 17.9 Å². The van der Waals surface area contributed by atoms with Crippen LogP contribution in [0.3, 0.4) is 0 Å². The number of hydrogen-bond acceptors (Lipinski definition) is 4. The lowest BCUT2D eigenvalue weighted by molar-refractivity contribution is -0.140. The molecule has 1 amide bonds. The summed E-state index contributed by atoms with van der Waals surface area (Å²) in [7, 11) is -3.85. The van der Waals surface area contributed by atoms with Crippen molar-refractivity contribution in [3.8, 4) is 0 Å². The van der Waals surface area contributed by atoms with Crippen LogP contribution in [-0.2, 0) is 26.0 Å². The van der Waals surface area contributed by atoms with E-state index in [2.05, 4.69) is 4.72 Å². The third-order valence-corrected chi connectivity index (χ3v) is 5.99. The Bertz CT molecular complexity index is 681. The third-order valence-electron chi connectivity index (χ3n) is 4.66. The monoisotopic (exact) mass is 323 g/mol. The van der Waals surface area contributed by atoms with Crippen molar-refractivity contribution in [3.05, 3.63) is 29.8 Å². The van der Waals surface area contributed by atoms with Crippen LogP contribution in [0.25, 0.3) is 0 Å². The summed E-state index contributed by atoms with van der Waals surface area (Å²) in [5.41, 5.74) is -0.0263. The molecule has 1 aromatic carbocycles. The van der Waals surface area contributed by atoms with E-state index in [-0.39, 0.29) is 4.90 Å². The van der Waals surface area contributed by atoms with Crippen LogP contribution in [0, 0.1) is 5.92 Å². The number of nitrogens with one attached hydrogen (secondary N) is 1. The fraction of sp³-hybridized carbons (Fsp3) is 0.562. The van der Waals surface area contributed by atoms with Gasteiger partial charge in [0, 0.05) is 0 Å². The normalized spacial score (nSPS) is 27.6. The lowest BCUT2D eigenvalue weighted by atomic mass is 9.81. The van der Waals surface area contributed by atoms with E-state index in [4.69, 9.17) is 4.74 Å². The Balaban J connectivity index is 1.80. The number of fused-ring (bicyclic) bond motifs is 2. The molecular weight excluding hydrogens is 302 g/mol. The second-order valence-electron chi connectivity index (χ2n) is 6.20. The summed E-state index contributed by atoms with van der Waals surface area (Å²) in [5, 5.41) is 0. The van der Waals surface area contributed by atoms with Gasteiger partial charge in [-0.05, 0) is 55.7 Å². The van der Waals surface area contributed by atoms with Gasteiger partial charge in [-0.3, -0.25) is 4.79 Å². The molecule has 3 rings (SSSR count). The largest absolute Gasteiger partial charge is 0.365 e. The average Bonchev–Trinajstić information content (AvgIpc) is 2.82. The molecule has 2 unspecified atom stereocenters.